The second-order valence-corrected chi connectivity index (χ2v) is 1.87. The molecule has 0 aromatic heterocycles. The van der Waals surface area contributed by atoms with E-state index in [4.69, 9.17) is 9.47 Å². The first-order valence-electron chi connectivity index (χ1n) is 2.67. The summed E-state index contributed by atoms with van der Waals surface area (Å²) in [4.78, 5) is 0. The predicted octanol–water partition coefficient (Wildman–Crippen LogP) is -0.0534. The van der Waals surface area contributed by atoms with Gasteiger partial charge < -0.3 is 9.47 Å². The highest BCUT2D eigenvalue weighted by Gasteiger charge is 2.34. The summed E-state index contributed by atoms with van der Waals surface area (Å²) < 4.78 is 10.3. The van der Waals surface area contributed by atoms with Crippen LogP contribution in [0.5, 0.6) is 0 Å². The van der Waals surface area contributed by atoms with E-state index in [1.165, 1.54) is 0 Å². The number of ether oxygens (including phenoxy) is 2. The number of hydrogen-bond donors (Lipinski definition) is 0. The smallest absolute Gasteiger partial charge is 0.0936 e. The van der Waals surface area contributed by atoms with E-state index in [0.29, 0.717) is 13.2 Å². The Morgan fingerprint density at radius 2 is 1.50 bits per heavy atom. The summed E-state index contributed by atoms with van der Waals surface area (Å²) in [5, 5.41) is 0. The van der Waals surface area contributed by atoms with E-state index in [9.17, 15) is 0 Å². The average Bonchev–Trinajstić information content (AvgIpc) is 2.15. The molecule has 2 rings (SSSR count). The van der Waals surface area contributed by atoms with E-state index >= 15 is 0 Å². The van der Waals surface area contributed by atoms with Gasteiger partial charge in [-0.05, 0) is 0 Å². The minimum atomic E-state index is 0.0926. The second-order valence-electron chi connectivity index (χ2n) is 1.87. The normalized spacial score (nSPS) is 45.0. The van der Waals surface area contributed by atoms with Gasteiger partial charge in [-0.2, -0.15) is 0 Å². The topological polar surface area (TPSA) is 18.5 Å². The fraction of sp³-hybridized carbons (Fsp3) is 0.667. The summed E-state index contributed by atoms with van der Waals surface area (Å²) in [6, 6.07) is 0. The maximum absolute atomic E-state index is 5.13. The van der Waals surface area contributed by atoms with Crippen molar-refractivity contribution in [1.82, 2.24) is 0 Å². The van der Waals surface area contributed by atoms with E-state index in [1.807, 2.05) is 0 Å². The molecule has 2 heteroatoms. The molecule has 0 aromatic rings. The average molecular weight is 110 g/mol. The van der Waals surface area contributed by atoms with Gasteiger partial charge in [0.05, 0.1) is 25.4 Å². The molecule has 0 aliphatic carbocycles. The molecule has 0 bridgehead atoms. The summed E-state index contributed by atoms with van der Waals surface area (Å²) in [7, 11) is 0. The number of fused-ring (bicyclic) bond motifs is 1. The monoisotopic (exact) mass is 110 g/mol. The van der Waals surface area contributed by atoms with Gasteiger partial charge in [0.25, 0.3) is 0 Å². The van der Waals surface area contributed by atoms with Gasteiger partial charge >= 0.3 is 0 Å². The van der Waals surface area contributed by atoms with E-state index in [2.05, 4.69) is 12.8 Å². The van der Waals surface area contributed by atoms with Crippen molar-refractivity contribution >= 4 is 0 Å². The van der Waals surface area contributed by atoms with Crippen LogP contribution < -0.4 is 0 Å². The first-order chi connectivity index (χ1) is 3.97. The molecular formula is C6H6O2. The molecule has 0 amide bonds. The first-order valence-corrected chi connectivity index (χ1v) is 2.67. The van der Waals surface area contributed by atoms with E-state index in [0.717, 1.165) is 0 Å². The van der Waals surface area contributed by atoms with Crippen molar-refractivity contribution < 1.29 is 9.47 Å². The Morgan fingerprint density at radius 1 is 1.00 bits per heavy atom. The van der Waals surface area contributed by atoms with Crippen molar-refractivity contribution in [3.63, 3.8) is 0 Å². The molecule has 2 heterocycles. The standard InChI is InChI=1S/C6H6O2/c1-3-7-6-2-4-8-5(1)6/h5-6H,3-4H2. The highest BCUT2D eigenvalue weighted by Crippen LogP contribution is 2.23. The van der Waals surface area contributed by atoms with Gasteiger partial charge in [-0.1, -0.05) is 0 Å². The lowest BCUT2D eigenvalue weighted by Crippen LogP contribution is -2.14. The summed E-state index contributed by atoms with van der Waals surface area (Å²) in [6.45, 7) is 1.20. The van der Waals surface area contributed by atoms with Crippen molar-refractivity contribution in [2.75, 3.05) is 13.2 Å². The SMILES string of the molecule is [C]1COC2[C]COC12. The van der Waals surface area contributed by atoms with E-state index in [-0.39, 0.29) is 12.2 Å². The minimum Gasteiger partial charge on any atom is -0.374 e. The van der Waals surface area contributed by atoms with Crippen LogP contribution in [0, 0.1) is 12.8 Å². The largest absolute Gasteiger partial charge is 0.374 e. The fourth-order valence-corrected chi connectivity index (χ4v) is 0.947. The van der Waals surface area contributed by atoms with Crippen LogP contribution in [-0.2, 0) is 9.47 Å². The molecule has 2 nitrogen and oxygen atoms in total. The predicted molar refractivity (Wildman–Crippen MR) is 26.0 cm³/mol. The lowest BCUT2D eigenvalue weighted by Gasteiger charge is -2.02. The molecular weight excluding hydrogens is 104 g/mol. The Kier molecular flexibility index (Phi) is 1.02. The zero-order valence-corrected chi connectivity index (χ0v) is 4.39. The van der Waals surface area contributed by atoms with Gasteiger partial charge in [0.15, 0.2) is 0 Å². The Labute approximate surface area is 48.8 Å². The third-order valence-electron chi connectivity index (χ3n) is 1.37. The molecule has 8 heavy (non-hydrogen) atoms. The zero-order chi connectivity index (χ0) is 5.40. The third-order valence-corrected chi connectivity index (χ3v) is 1.37. The van der Waals surface area contributed by atoms with Crippen molar-refractivity contribution in [3.05, 3.63) is 12.8 Å². The summed E-state index contributed by atoms with van der Waals surface area (Å²) in [6.07, 6.45) is 6.21. The summed E-state index contributed by atoms with van der Waals surface area (Å²) in [5.74, 6) is 0. The second kappa shape index (κ2) is 1.71. The Balaban J connectivity index is 2.04. The van der Waals surface area contributed by atoms with E-state index in [1.54, 1.807) is 0 Å². The van der Waals surface area contributed by atoms with Crippen molar-refractivity contribution in [2.24, 2.45) is 0 Å². The molecule has 0 aromatic carbocycles. The quantitative estimate of drug-likeness (QED) is 0.435. The van der Waals surface area contributed by atoms with Crippen LogP contribution in [0.25, 0.3) is 0 Å². The van der Waals surface area contributed by atoms with Crippen LogP contribution >= 0.6 is 0 Å². The van der Waals surface area contributed by atoms with Crippen molar-refractivity contribution in [3.8, 4) is 0 Å². The molecule has 0 N–H and O–H groups in total. The van der Waals surface area contributed by atoms with Crippen LogP contribution in [0.2, 0.25) is 0 Å². The van der Waals surface area contributed by atoms with E-state index < -0.39 is 0 Å². The van der Waals surface area contributed by atoms with Gasteiger partial charge in [-0.3, -0.25) is 0 Å². The third kappa shape index (κ3) is 0.565. The molecule has 0 saturated carbocycles. The molecule has 2 atom stereocenters. The molecule has 2 aliphatic heterocycles. The Morgan fingerprint density at radius 3 is 2.00 bits per heavy atom. The van der Waals surface area contributed by atoms with Gasteiger partial charge in [-0.25, -0.2) is 0 Å². The van der Waals surface area contributed by atoms with Gasteiger partial charge in [0.1, 0.15) is 0 Å². The first kappa shape index (κ1) is 4.77. The molecule has 2 unspecified atom stereocenters. The molecule has 2 saturated heterocycles. The maximum atomic E-state index is 5.13. The molecule has 4 radical (unpaired) electrons. The minimum absolute atomic E-state index is 0.0926. The van der Waals surface area contributed by atoms with Crippen LogP contribution in [-0.4, -0.2) is 25.4 Å². The molecule has 42 valence electrons. The van der Waals surface area contributed by atoms with Gasteiger partial charge in [0.2, 0.25) is 0 Å². The van der Waals surface area contributed by atoms with Crippen molar-refractivity contribution in [1.29, 1.82) is 0 Å². The summed E-state index contributed by atoms with van der Waals surface area (Å²) >= 11 is 0. The summed E-state index contributed by atoms with van der Waals surface area (Å²) in [5.41, 5.74) is 0. The zero-order valence-electron chi connectivity index (χ0n) is 4.39. The lowest BCUT2D eigenvalue weighted by atomic mass is 10.2. The molecule has 0 spiro atoms. The number of hydrogen-bond acceptors (Lipinski definition) is 2. The number of rotatable bonds is 0. The highest BCUT2D eigenvalue weighted by molar-refractivity contribution is 5.02. The van der Waals surface area contributed by atoms with Crippen LogP contribution in [0.15, 0.2) is 0 Å². The van der Waals surface area contributed by atoms with Crippen molar-refractivity contribution in [2.45, 2.75) is 12.2 Å². The van der Waals surface area contributed by atoms with Gasteiger partial charge in [0, 0.05) is 12.8 Å². The van der Waals surface area contributed by atoms with Crippen LogP contribution in [0.1, 0.15) is 0 Å². The lowest BCUT2D eigenvalue weighted by molar-refractivity contribution is 0.0810. The van der Waals surface area contributed by atoms with Crippen LogP contribution in [0.3, 0.4) is 0 Å². The Hall–Kier alpha value is -0.0800. The molecule has 2 fully saturated rings. The molecule has 2 aliphatic rings. The highest BCUT2D eigenvalue weighted by atomic mass is 16.6. The maximum Gasteiger partial charge on any atom is 0.0936 e. The Bertz CT molecular complexity index is 72.5. The van der Waals surface area contributed by atoms with Crippen LogP contribution in [0.4, 0.5) is 0 Å². The van der Waals surface area contributed by atoms with Gasteiger partial charge in [-0.15, -0.1) is 0 Å². The fourth-order valence-electron chi connectivity index (χ4n) is 0.947.